The summed E-state index contributed by atoms with van der Waals surface area (Å²) < 4.78 is 41.9. The zero-order chi connectivity index (χ0) is 16.3. The first-order valence-corrected chi connectivity index (χ1v) is 6.51. The molecular formula is C16H14F3NO2. The summed E-state index contributed by atoms with van der Waals surface area (Å²) in [6.45, 7) is 0.260. The van der Waals surface area contributed by atoms with Gasteiger partial charge in [-0.2, -0.15) is 8.78 Å². The third-order valence-corrected chi connectivity index (χ3v) is 3.09. The Kier molecular flexibility index (Phi) is 4.40. The first-order chi connectivity index (χ1) is 10.3. The normalized spacial score (nSPS) is 11.3. The maximum Gasteiger partial charge on any atom is 0.290 e. The Bertz CT molecular complexity index is 702. The van der Waals surface area contributed by atoms with Crippen LogP contribution in [0.3, 0.4) is 0 Å². The molecule has 0 aliphatic rings. The van der Waals surface area contributed by atoms with Crippen molar-refractivity contribution in [2.75, 3.05) is 6.54 Å². The first-order valence-electron chi connectivity index (χ1n) is 6.51. The molecule has 0 aromatic heterocycles. The van der Waals surface area contributed by atoms with Crippen LogP contribution in [-0.4, -0.2) is 17.6 Å². The van der Waals surface area contributed by atoms with Gasteiger partial charge in [0.05, 0.1) is 6.54 Å². The van der Waals surface area contributed by atoms with Crippen molar-refractivity contribution in [1.82, 2.24) is 5.32 Å². The van der Waals surface area contributed by atoms with E-state index in [1.165, 1.54) is 18.2 Å². The number of hydrogen-bond acceptors (Lipinski definition) is 2. The third kappa shape index (κ3) is 3.58. The van der Waals surface area contributed by atoms with Crippen molar-refractivity contribution < 1.29 is 23.1 Å². The van der Waals surface area contributed by atoms with Gasteiger partial charge in [-0.3, -0.25) is 4.79 Å². The SMILES string of the molecule is CC(=O)NCC(F)(F)c1ccc(O)cc1-c1cccc(F)c1. The molecule has 22 heavy (non-hydrogen) atoms. The van der Waals surface area contributed by atoms with Crippen LogP contribution >= 0.6 is 0 Å². The van der Waals surface area contributed by atoms with Crippen LogP contribution in [0.2, 0.25) is 0 Å². The van der Waals surface area contributed by atoms with E-state index in [-0.39, 0.29) is 16.9 Å². The number of nitrogens with one attached hydrogen (secondary N) is 1. The van der Waals surface area contributed by atoms with Gasteiger partial charge in [-0.25, -0.2) is 4.39 Å². The average molecular weight is 309 g/mol. The number of amides is 1. The van der Waals surface area contributed by atoms with Gasteiger partial charge in [0.15, 0.2) is 0 Å². The Morgan fingerprint density at radius 1 is 1.23 bits per heavy atom. The number of rotatable bonds is 4. The van der Waals surface area contributed by atoms with E-state index < -0.39 is 29.8 Å². The minimum absolute atomic E-state index is 0.00912. The van der Waals surface area contributed by atoms with Crippen LogP contribution in [0.4, 0.5) is 13.2 Å². The Morgan fingerprint density at radius 2 is 1.95 bits per heavy atom. The lowest BCUT2D eigenvalue weighted by Gasteiger charge is -2.21. The fraction of sp³-hybridized carbons (Fsp3) is 0.188. The number of hydrogen-bond donors (Lipinski definition) is 2. The quantitative estimate of drug-likeness (QED) is 0.909. The van der Waals surface area contributed by atoms with Crippen molar-refractivity contribution in [3.05, 3.63) is 53.8 Å². The maximum atomic E-state index is 14.3. The molecule has 0 radical (unpaired) electrons. The van der Waals surface area contributed by atoms with Crippen LogP contribution in [0.15, 0.2) is 42.5 Å². The molecule has 3 nitrogen and oxygen atoms in total. The van der Waals surface area contributed by atoms with E-state index in [0.717, 1.165) is 31.2 Å². The van der Waals surface area contributed by atoms with Gasteiger partial charge in [0.2, 0.25) is 5.91 Å². The van der Waals surface area contributed by atoms with E-state index in [9.17, 15) is 23.1 Å². The van der Waals surface area contributed by atoms with Crippen molar-refractivity contribution in [2.45, 2.75) is 12.8 Å². The summed E-state index contributed by atoms with van der Waals surface area (Å²) in [7, 11) is 0. The van der Waals surface area contributed by atoms with E-state index >= 15 is 0 Å². The lowest BCUT2D eigenvalue weighted by Crippen LogP contribution is -2.33. The molecule has 0 fully saturated rings. The lowest BCUT2D eigenvalue weighted by atomic mass is 9.95. The summed E-state index contributed by atoms with van der Waals surface area (Å²) in [5.74, 6) is -4.72. The second-order valence-corrected chi connectivity index (χ2v) is 4.85. The van der Waals surface area contributed by atoms with Gasteiger partial charge in [0.1, 0.15) is 11.6 Å². The summed E-state index contributed by atoms with van der Waals surface area (Å²) in [5.41, 5.74) is -0.173. The predicted octanol–water partition coefficient (Wildman–Crippen LogP) is 3.43. The van der Waals surface area contributed by atoms with Crippen LogP contribution in [0, 0.1) is 5.82 Å². The predicted molar refractivity (Wildman–Crippen MR) is 76.1 cm³/mol. The zero-order valence-corrected chi connectivity index (χ0v) is 11.7. The van der Waals surface area contributed by atoms with E-state index in [1.54, 1.807) is 0 Å². The molecule has 0 aliphatic carbocycles. The maximum absolute atomic E-state index is 14.3. The molecule has 0 atom stereocenters. The molecule has 116 valence electrons. The van der Waals surface area contributed by atoms with Crippen molar-refractivity contribution >= 4 is 5.91 Å². The lowest BCUT2D eigenvalue weighted by molar-refractivity contribution is -0.121. The molecule has 0 heterocycles. The number of alkyl halides is 2. The highest BCUT2D eigenvalue weighted by Crippen LogP contribution is 2.37. The van der Waals surface area contributed by atoms with Gasteiger partial charge in [-0.1, -0.05) is 12.1 Å². The van der Waals surface area contributed by atoms with Crippen molar-refractivity contribution in [2.24, 2.45) is 0 Å². The number of benzene rings is 2. The Balaban J connectivity index is 2.50. The molecule has 6 heteroatoms. The minimum atomic E-state index is -3.36. The molecule has 1 amide bonds. The Labute approximate surface area is 125 Å². The molecular weight excluding hydrogens is 295 g/mol. The smallest absolute Gasteiger partial charge is 0.290 e. The Morgan fingerprint density at radius 3 is 2.59 bits per heavy atom. The highest BCUT2D eigenvalue weighted by molar-refractivity contribution is 5.73. The van der Waals surface area contributed by atoms with Crippen LogP contribution < -0.4 is 5.32 Å². The molecule has 0 saturated carbocycles. The number of carbonyl (C=O) groups excluding carboxylic acids is 1. The first kappa shape index (κ1) is 15.9. The van der Waals surface area contributed by atoms with Gasteiger partial charge in [0, 0.05) is 12.5 Å². The summed E-state index contributed by atoms with van der Waals surface area (Å²) in [6, 6.07) is 8.50. The standard InChI is InChI=1S/C16H14F3NO2/c1-10(21)20-9-16(18,19)15-6-5-13(22)8-14(15)11-3-2-4-12(17)7-11/h2-8,22H,9H2,1H3,(H,20,21). The van der Waals surface area contributed by atoms with Crippen molar-refractivity contribution in [3.63, 3.8) is 0 Å². The van der Waals surface area contributed by atoms with E-state index in [0.29, 0.717) is 0 Å². The topological polar surface area (TPSA) is 49.3 Å². The van der Waals surface area contributed by atoms with Gasteiger partial charge >= 0.3 is 0 Å². The van der Waals surface area contributed by atoms with Gasteiger partial charge in [0.25, 0.3) is 5.92 Å². The highest BCUT2D eigenvalue weighted by atomic mass is 19.3. The van der Waals surface area contributed by atoms with Crippen LogP contribution in [0.5, 0.6) is 5.75 Å². The molecule has 0 unspecified atom stereocenters. The second kappa shape index (κ2) is 6.09. The zero-order valence-electron chi connectivity index (χ0n) is 11.7. The largest absolute Gasteiger partial charge is 0.508 e. The van der Waals surface area contributed by atoms with Gasteiger partial charge < -0.3 is 10.4 Å². The number of carbonyl (C=O) groups is 1. The molecule has 2 aromatic carbocycles. The van der Waals surface area contributed by atoms with Crippen molar-refractivity contribution in [3.8, 4) is 16.9 Å². The molecule has 0 aliphatic heterocycles. The molecule has 0 saturated heterocycles. The van der Waals surface area contributed by atoms with E-state index in [1.807, 2.05) is 0 Å². The highest BCUT2D eigenvalue weighted by Gasteiger charge is 2.34. The summed E-state index contributed by atoms with van der Waals surface area (Å²) in [6.07, 6.45) is 0. The molecule has 0 spiro atoms. The minimum Gasteiger partial charge on any atom is -0.508 e. The number of aromatic hydroxyl groups is 1. The monoisotopic (exact) mass is 309 g/mol. The van der Waals surface area contributed by atoms with Gasteiger partial charge in [-0.05, 0) is 41.5 Å². The third-order valence-electron chi connectivity index (χ3n) is 3.09. The Hall–Kier alpha value is -2.50. The summed E-state index contributed by atoms with van der Waals surface area (Å²) >= 11 is 0. The van der Waals surface area contributed by atoms with Crippen LogP contribution in [0.25, 0.3) is 11.1 Å². The van der Waals surface area contributed by atoms with Crippen LogP contribution in [0.1, 0.15) is 12.5 Å². The summed E-state index contributed by atoms with van der Waals surface area (Å²) in [5, 5.41) is 11.6. The average Bonchev–Trinajstić information content (AvgIpc) is 2.45. The molecule has 2 N–H and O–H groups in total. The van der Waals surface area contributed by atoms with Crippen LogP contribution in [-0.2, 0) is 10.7 Å². The number of phenolic OH excluding ortho intramolecular Hbond substituents is 1. The molecule has 2 rings (SSSR count). The van der Waals surface area contributed by atoms with Gasteiger partial charge in [-0.15, -0.1) is 0 Å². The molecule has 2 aromatic rings. The van der Waals surface area contributed by atoms with Crippen molar-refractivity contribution in [1.29, 1.82) is 0 Å². The second-order valence-electron chi connectivity index (χ2n) is 4.85. The fourth-order valence-corrected chi connectivity index (χ4v) is 2.08. The van der Waals surface area contributed by atoms with E-state index in [4.69, 9.17) is 0 Å². The number of halogens is 3. The fourth-order valence-electron chi connectivity index (χ4n) is 2.08. The van der Waals surface area contributed by atoms with E-state index in [2.05, 4.69) is 5.32 Å². The summed E-state index contributed by atoms with van der Waals surface area (Å²) in [4.78, 5) is 10.8. The molecule has 0 bridgehead atoms. The number of phenols is 1.